The summed E-state index contributed by atoms with van der Waals surface area (Å²) in [5.74, 6) is 2.01. The molecule has 0 aliphatic rings. The number of carbonyl (C=O) groups excluding carboxylic acids is 1. The van der Waals surface area contributed by atoms with Gasteiger partial charge in [0.1, 0.15) is 5.69 Å². The Balaban J connectivity index is 2.32. The van der Waals surface area contributed by atoms with Crippen LogP contribution in [0.4, 0.5) is 5.69 Å². The summed E-state index contributed by atoms with van der Waals surface area (Å²) in [5, 5.41) is 2.72. The Morgan fingerprint density at radius 1 is 1.16 bits per heavy atom. The summed E-state index contributed by atoms with van der Waals surface area (Å²) < 4.78 is 1.26. The van der Waals surface area contributed by atoms with E-state index >= 15 is 0 Å². The molecule has 0 saturated heterocycles. The second kappa shape index (κ2) is 5.69. The van der Waals surface area contributed by atoms with Crippen LogP contribution in [0.25, 0.3) is 0 Å². The molecule has 19 heavy (non-hydrogen) atoms. The third-order valence-electron chi connectivity index (χ3n) is 2.56. The lowest BCUT2D eigenvalue weighted by Gasteiger charge is -2.10. The first-order valence-electron chi connectivity index (χ1n) is 5.72. The number of aromatic nitrogens is 1. The molecule has 94 valence electrons. The second-order valence-corrected chi connectivity index (χ2v) is 3.86. The Kier molecular flexibility index (Phi) is 3.79. The lowest BCUT2D eigenvalue weighted by molar-refractivity contribution is 0.101. The maximum atomic E-state index is 12.1. The van der Waals surface area contributed by atoms with Crippen LogP contribution in [0.5, 0.6) is 0 Å². The second-order valence-electron chi connectivity index (χ2n) is 3.86. The van der Waals surface area contributed by atoms with Crippen molar-refractivity contribution in [2.75, 3.05) is 5.32 Å². The molecule has 1 aromatic heterocycles. The van der Waals surface area contributed by atoms with Gasteiger partial charge in [0.05, 0.1) is 6.54 Å². The van der Waals surface area contributed by atoms with Crippen molar-refractivity contribution in [1.82, 2.24) is 4.57 Å². The summed E-state index contributed by atoms with van der Waals surface area (Å²) in [5.41, 5.74) is 0.615. The number of para-hydroxylation sites is 1. The molecule has 0 atom stereocenters. The van der Waals surface area contributed by atoms with E-state index in [-0.39, 0.29) is 23.7 Å². The van der Waals surface area contributed by atoms with Crippen molar-refractivity contribution < 1.29 is 4.79 Å². The maximum absolute atomic E-state index is 12.1. The van der Waals surface area contributed by atoms with E-state index in [1.807, 2.05) is 18.2 Å². The van der Waals surface area contributed by atoms with Gasteiger partial charge in [-0.25, -0.2) is 0 Å². The smallest absolute Gasteiger partial charge is 0.272 e. The average molecular weight is 252 g/mol. The molecular weight excluding hydrogens is 240 g/mol. The van der Waals surface area contributed by atoms with Gasteiger partial charge in [-0.05, 0) is 18.2 Å². The first kappa shape index (κ1) is 12.7. The first-order valence-corrected chi connectivity index (χ1v) is 5.72. The lowest BCUT2D eigenvalue weighted by atomic mass is 10.2. The largest absolute Gasteiger partial charge is 0.321 e. The van der Waals surface area contributed by atoms with E-state index in [9.17, 15) is 9.59 Å². The van der Waals surface area contributed by atoms with Crippen molar-refractivity contribution >= 4 is 11.6 Å². The van der Waals surface area contributed by atoms with Crippen LogP contribution in [-0.2, 0) is 6.54 Å². The number of nitrogens with one attached hydrogen (secondary N) is 1. The standard InChI is InChI=1S/C15H12N2O2/c1-2-11-17-13(9-6-10-14(17)18)15(19)16-12-7-4-3-5-8-12/h1,3-10H,11H2,(H,16,19). The van der Waals surface area contributed by atoms with Gasteiger partial charge in [0, 0.05) is 11.8 Å². The van der Waals surface area contributed by atoms with Crippen LogP contribution in [-0.4, -0.2) is 10.5 Å². The molecule has 1 heterocycles. The molecule has 0 fully saturated rings. The molecule has 4 nitrogen and oxygen atoms in total. The number of hydrogen-bond donors (Lipinski definition) is 1. The third-order valence-corrected chi connectivity index (χ3v) is 2.56. The van der Waals surface area contributed by atoms with Gasteiger partial charge in [-0.2, -0.15) is 0 Å². The van der Waals surface area contributed by atoms with Crippen molar-refractivity contribution in [3.63, 3.8) is 0 Å². The molecule has 2 rings (SSSR count). The fraction of sp³-hybridized carbons (Fsp3) is 0.0667. The number of terminal acetylenes is 1. The molecule has 0 radical (unpaired) electrons. The van der Waals surface area contributed by atoms with Crippen LogP contribution >= 0.6 is 0 Å². The fourth-order valence-corrected chi connectivity index (χ4v) is 1.69. The number of anilines is 1. The van der Waals surface area contributed by atoms with Gasteiger partial charge in [0.25, 0.3) is 11.5 Å². The van der Waals surface area contributed by atoms with Crippen LogP contribution in [0.3, 0.4) is 0 Å². The minimum absolute atomic E-state index is 0.0667. The van der Waals surface area contributed by atoms with Crippen molar-refractivity contribution in [3.8, 4) is 12.3 Å². The fourth-order valence-electron chi connectivity index (χ4n) is 1.69. The predicted molar refractivity (Wildman–Crippen MR) is 73.9 cm³/mol. The molecule has 0 bridgehead atoms. The summed E-state index contributed by atoms with van der Waals surface area (Å²) in [7, 11) is 0. The Hall–Kier alpha value is -2.80. The number of nitrogens with zero attached hydrogens (tertiary/aromatic N) is 1. The molecule has 1 N–H and O–H groups in total. The van der Waals surface area contributed by atoms with Gasteiger partial charge in [-0.3, -0.25) is 14.2 Å². The Bertz CT molecular complexity index is 681. The highest BCUT2D eigenvalue weighted by atomic mass is 16.2. The van der Waals surface area contributed by atoms with Gasteiger partial charge in [0.15, 0.2) is 0 Å². The van der Waals surface area contributed by atoms with Crippen molar-refractivity contribution in [2.24, 2.45) is 0 Å². The summed E-state index contributed by atoms with van der Waals surface area (Å²) in [6.45, 7) is 0.0667. The quantitative estimate of drug-likeness (QED) is 0.846. The van der Waals surface area contributed by atoms with Crippen LogP contribution in [0.1, 0.15) is 10.5 Å². The van der Waals surface area contributed by atoms with Gasteiger partial charge >= 0.3 is 0 Å². The van der Waals surface area contributed by atoms with Crippen LogP contribution < -0.4 is 10.9 Å². The zero-order chi connectivity index (χ0) is 13.7. The van der Waals surface area contributed by atoms with Gasteiger partial charge in [-0.1, -0.05) is 30.2 Å². The molecule has 1 amide bonds. The summed E-state index contributed by atoms with van der Waals surface area (Å²) >= 11 is 0. The average Bonchev–Trinajstić information content (AvgIpc) is 2.42. The highest BCUT2D eigenvalue weighted by molar-refractivity contribution is 6.03. The molecule has 2 aromatic rings. The third kappa shape index (κ3) is 2.90. The van der Waals surface area contributed by atoms with Crippen molar-refractivity contribution in [3.05, 3.63) is 64.6 Å². The number of carbonyl (C=O) groups is 1. The maximum Gasteiger partial charge on any atom is 0.272 e. The van der Waals surface area contributed by atoms with E-state index in [0.717, 1.165) is 0 Å². The summed E-state index contributed by atoms with van der Waals surface area (Å²) in [6, 6.07) is 13.5. The predicted octanol–water partition coefficient (Wildman–Crippen LogP) is 1.73. The molecule has 0 unspecified atom stereocenters. The normalized spacial score (nSPS) is 9.63. The Morgan fingerprint density at radius 2 is 1.89 bits per heavy atom. The number of pyridine rings is 1. The van der Waals surface area contributed by atoms with Crippen molar-refractivity contribution in [1.29, 1.82) is 0 Å². The van der Waals surface area contributed by atoms with E-state index in [1.165, 1.54) is 16.7 Å². The van der Waals surface area contributed by atoms with E-state index in [0.29, 0.717) is 5.69 Å². The topological polar surface area (TPSA) is 51.1 Å². The van der Waals surface area contributed by atoms with E-state index in [4.69, 9.17) is 6.42 Å². The van der Waals surface area contributed by atoms with Crippen molar-refractivity contribution in [2.45, 2.75) is 6.54 Å². The van der Waals surface area contributed by atoms with Gasteiger partial charge < -0.3 is 5.32 Å². The first-order chi connectivity index (χ1) is 9.22. The minimum Gasteiger partial charge on any atom is -0.321 e. The number of hydrogen-bond acceptors (Lipinski definition) is 2. The zero-order valence-electron chi connectivity index (χ0n) is 10.2. The molecule has 0 spiro atoms. The van der Waals surface area contributed by atoms with Gasteiger partial charge in [0.2, 0.25) is 0 Å². The van der Waals surface area contributed by atoms with Crippen LogP contribution in [0.2, 0.25) is 0 Å². The molecular formula is C15H12N2O2. The summed E-state index contributed by atoms with van der Waals surface area (Å²) in [4.78, 5) is 23.8. The minimum atomic E-state index is -0.362. The lowest BCUT2D eigenvalue weighted by Crippen LogP contribution is -2.27. The molecule has 0 aliphatic carbocycles. The molecule has 0 saturated carbocycles. The molecule has 0 aliphatic heterocycles. The molecule has 1 aromatic carbocycles. The van der Waals surface area contributed by atoms with E-state index in [2.05, 4.69) is 11.2 Å². The van der Waals surface area contributed by atoms with E-state index < -0.39 is 0 Å². The SMILES string of the molecule is C#CCn1c(C(=O)Nc2ccccc2)cccc1=O. The molecule has 4 heteroatoms. The van der Waals surface area contributed by atoms with Gasteiger partial charge in [-0.15, -0.1) is 6.42 Å². The Morgan fingerprint density at radius 3 is 2.58 bits per heavy atom. The summed E-state index contributed by atoms with van der Waals surface area (Å²) in [6.07, 6.45) is 5.21. The number of amides is 1. The monoisotopic (exact) mass is 252 g/mol. The highest BCUT2D eigenvalue weighted by Crippen LogP contribution is 2.07. The number of rotatable bonds is 3. The zero-order valence-corrected chi connectivity index (χ0v) is 10.2. The number of benzene rings is 1. The Labute approximate surface area is 110 Å². The highest BCUT2D eigenvalue weighted by Gasteiger charge is 2.11. The van der Waals surface area contributed by atoms with Crippen LogP contribution in [0, 0.1) is 12.3 Å². The van der Waals surface area contributed by atoms with Crippen LogP contribution in [0.15, 0.2) is 53.3 Å². The van der Waals surface area contributed by atoms with E-state index in [1.54, 1.807) is 18.2 Å².